The van der Waals surface area contributed by atoms with Crippen molar-refractivity contribution in [1.82, 2.24) is 30.3 Å². The smallest absolute Gasteiger partial charge is 0.191 e. The van der Waals surface area contributed by atoms with Crippen molar-refractivity contribution in [1.29, 1.82) is 0 Å². The summed E-state index contributed by atoms with van der Waals surface area (Å²) < 4.78 is 7.52. The highest BCUT2D eigenvalue weighted by Crippen LogP contribution is 2.13. The Hall–Kier alpha value is -1.67. The van der Waals surface area contributed by atoms with Crippen LogP contribution in [0, 0.1) is 5.92 Å². The van der Waals surface area contributed by atoms with Gasteiger partial charge in [0.2, 0.25) is 0 Å². The van der Waals surface area contributed by atoms with Gasteiger partial charge in [-0.3, -0.25) is 4.90 Å². The Kier molecular flexibility index (Phi) is 8.84. The number of nitrogens with one attached hydrogen (secondary N) is 2. The molecule has 2 heterocycles. The van der Waals surface area contributed by atoms with Crippen LogP contribution in [0.4, 0.5) is 0 Å². The Balaban J connectivity index is 1.96. The van der Waals surface area contributed by atoms with E-state index in [0.29, 0.717) is 18.5 Å². The Bertz CT molecular complexity index is 537. The topological polar surface area (TPSA) is 79.6 Å². The van der Waals surface area contributed by atoms with E-state index >= 15 is 0 Å². The molecule has 1 aromatic rings. The summed E-state index contributed by atoms with van der Waals surface area (Å²) in [5, 5.41) is 15.0. The van der Waals surface area contributed by atoms with Gasteiger partial charge in [0.25, 0.3) is 0 Å². The molecule has 0 radical (unpaired) electrons. The summed E-state index contributed by atoms with van der Waals surface area (Å²) in [7, 11) is 0. The van der Waals surface area contributed by atoms with E-state index in [0.717, 1.165) is 64.1 Å². The standard InChI is InChI=1S/C18H35N7O/c1-5-19-18(21-13-17-23-22-14-24(17)6-2)20-12-16(11-15(3)4)25-7-9-26-10-8-25/h14-16H,5-13H2,1-4H3,(H2,19,20,21). The van der Waals surface area contributed by atoms with Crippen LogP contribution in [-0.2, 0) is 17.8 Å². The highest BCUT2D eigenvalue weighted by atomic mass is 16.5. The predicted molar refractivity (Wildman–Crippen MR) is 104 cm³/mol. The average Bonchev–Trinajstić information content (AvgIpc) is 3.11. The molecule has 1 unspecified atom stereocenters. The van der Waals surface area contributed by atoms with Crippen molar-refractivity contribution < 1.29 is 4.74 Å². The summed E-state index contributed by atoms with van der Waals surface area (Å²) in [5.41, 5.74) is 0. The number of ether oxygens (including phenoxy) is 1. The lowest BCUT2D eigenvalue weighted by molar-refractivity contribution is 0.0132. The summed E-state index contributed by atoms with van der Waals surface area (Å²) in [4.78, 5) is 7.22. The molecule has 1 aromatic heterocycles. The van der Waals surface area contributed by atoms with Crippen molar-refractivity contribution >= 4 is 5.96 Å². The Morgan fingerprint density at radius 3 is 2.69 bits per heavy atom. The molecule has 1 saturated heterocycles. The third-order valence-electron chi connectivity index (χ3n) is 4.57. The van der Waals surface area contributed by atoms with Crippen LogP contribution in [-0.4, -0.2) is 71.1 Å². The fourth-order valence-electron chi connectivity index (χ4n) is 3.22. The summed E-state index contributed by atoms with van der Waals surface area (Å²) in [5.74, 6) is 2.38. The fraction of sp³-hybridized carbons (Fsp3) is 0.833. The minimum atomic E-state index is 0.488. The van der Waals surface area contributed by atoms with Crippen molar-refractivity contribution in [3.63, 3.8) is 0 Å². The molecule has 26 heavy (non-hydrogen) atoms. The lowest BCUT2D eigenvalue weighted by Gasteiger charge is -2.35. The summed E-state index contributed by atoms with van der Waals surface area (Å²) in [6.45, 7) is 15.5. The first-order chi connectivity index (χ1) is 12.6. The van der Waals surface area contributed by atoms with Crippen molar-refractivity contribution in [2.75, 3.05) is 39.4 Å². The Labute approximate surface area is 157 Å². The lowest BCUT2D eigenvalue weighted by Crippen LogP contribution is -2.51. The van der Waals surface area contributed by atoms with Gasteiger partial charge < -0.3 is 19.9 Å². The lowest BCUT2D eigenvalue weighted by atomic mass is 10.0. The first-order valence-electron chi connectivity index (χ1n) is 9.84. The van der Waals surface area contributed by atoms with Crippen molar-refractivity contribution in [2.45, 2.75) is 53.2 Å². The van der Waals surface area contributed by atoms with E-state index in [9.17, 15) is 0 Å². The predicted octanol–water partition coefficient (Wildman–Crippen LogP) is 1.10. The molecule has 0 spiro atoms. The van der Waals surface area contributed by atoms with Crippen LogP contribution in [0.1, 0.15) is 39.9 Å². The van der Waals surface area contributed by atoms with Gasteiger partial charge >= 0.3 is 0 Å². The first kappa shape index (κ1) is 20.6. The zero-order chi connectivity index (χ0) is 18.8. The molecule has 1 atom stereocenters. The molecule has 148 valence electrons. The van der Waals surface area contributed by atoms with Gasteiger partial charge in [0.15, 0.2) is 11.8 Å². The summed E-state index contributed by atoms with van der Waals surface area (Å²) in [6, 6.07) is 0.488. The van der Waals surface area contributed by atoms with Crippen LogP contribution >= 0.6 is 0 Å². The Morgan fingerprint density at radius 2 is 2.04 bits per heavy atom. The monoisotopic (exact) mass is 365 g/mol. The zero-order valence-electron chi connectivity index (χ0n) is 16.7. The van der Waals surface area contributed by atoms with Crippen molar-refractivity contribution in [2.24, 2.45) is 10.9 Å². The van der Waals surface area contributed by atoms with Gasteiger partial charge in [-0.25, -0.2) is 4.99 Å². The van der Waals surface area contributed by atoms with Gasteiger partial charge in [-0.2, -0.15) is 0 Å². The van der Waals surface area contributed by atoms with E-state index in [1.165, 1.54) is 0 Å². The highest BCUT2D eigenvalue weighted by molar-refractivity contribution is 5.79. The Morgan fingerprint density at radius 1 is 1.27 bits per heavy atom. The van der Waals surface area contributed by atoms with Crippen LogP contribution in [0.25, 0.3) is 0 Å². The molecular weight excluding hydrogens is 330 g/mol. The molecular formula is C18H35N7O. The van der Waals surface area contributed by atoms with E-state index in [-0.39, 0.29) is 0 Å². The first-order valence-corrected chi connectivity index (χ1v) is 9.84. The third-order valence-corrected chi connectivity index (χ3v) is 4.57. The molecule has 0 saturated carbocycles. The van der Waals surface area contributed by atoms with E-state index in [1.54, 1.807) is 6.33 Å². The molecule has 1 fully saturated rings. The van der Waals surface area contributed by atoms with Crippen LogP contribution < -0.4 is 10.6 Å². The van der Waals surface area contributed by atoms with Crippen LogP contribution in [0.15, 0.2) is 11.3 Å². The molecule has 0 bridgehead atoms. The molecule has 1 aliphatic heterocycles. The molecule has 0 aromatic carbocycles. The van der Waals surface area contributed by atoms with Gasteiger partial charge in [0, 0.05) is 38.8 Å². The second kappa shape index (κ2) is 11.1. The van der Waals surface area contributed by atoms with Crippen molar-refractivity contribution in [3.8, 4) is 0 Å². The maximum Gasteiger partial charge on any atom is 0.191 e. The molecule has 0 amide bonds. The molecule has 1 aliphatic rings. The summed E-state index contributed by atoms with van der Waals surface area (Å²) >= 11 is 0. The van der Waals surface area contributed by atoms with Crippen LogP contribution in [0.2, 0.25) is 0 Å². The van der Waals surface area contributed by atoms with Gasteiger partial charge in [-0.05, 0) is 26.2 Å². The largest absolute Gasteiger partial charge is 0.379 e. The normalized spacial score (nSPS) is 17.5. The number of rotatable bonds is 9. The number of hydrogen-bond acceptors (Lipinski definition) is 5. The van der Waals surface area contributed by atoms with Crippen LogP contribution in [0.5, 0.6) is 0 Å². The second-order valence-corrected chi connectivity index (χ2v) is 7.04. The van der Waals surface area contributed by atoms with Crippen molar-refractivity contribution in [3.05, 3.63) is 12.2 Å². The number of morpholine rings is 1. The van der Waals surface area contributed by atoms with Gasteiger partial charge in [0.1, 0.15) is 12.9 Å². The summed E-state index contributed by atoms with van der Waals surface area (Å²) in [6.07, 6.45) is 2.92. The minimum absolute atomic E-state index is 0.488. The number of aryl methyl sites for hydroxylation is 1. The minimum Gasteiger partial charge on any atom is -0.379 e. The number of guanidine groups is 1. The molecule has 2 N–H and O–H groups in total. The van der Waals surface area contributed by atoms with Gasteiger partial charge in [-0.15, -0.1) is 10.2 Å². The maximum atomic E-state index is 5.51. The SMILES string of the molecule is CCNC(=NCc1nncn1CC)NCC(CC(C)C)N1CCOCC1. The van der Waals surface area contributed by atoms with E-state index in [2.05, 4.69) is 58.4 Å². The molecule has 8 heteroatoms. The maximum absolute atomic E-state index is 5.51. The molecule has 8 nitrogen and oxygen atoms in total. The van der Waals surface area contributed by atoms with E-state index in [4.69, 9.17) is 4.74 Å². The van der Waals surface area contributed by atoms with Crippen LogP contribution in [0.3, 0.4) is 0 Å². The quantitative estimate of drug-likeness (QED) is 0.504. The number of aliphatic imine (C=N–C) groups is 1. The van der Waals surface area contributed by atoms with Gasteiger partial charge in [-0.1, -0.05) is 13.8 Å². The number of hydrogen-bond donors (Lipinski definition) is 2. The number of aromatic nitrogens is 3. The van der Waals surface area contributed by atoms with E-state index in [1.807, 2.05) is 4.57 Å². The van der Waals surface area contributed by atoms with E-state index < -0.39 is 0 Å². The molecule has 0 aliphatic carbocycles. The van der Waals surface area contributed by atoms with Gasteiger partial charge in [0.05, 0.1) is 13.2 Å². The second-order valence-electron chi connectivity index (χ2n) is 7.04. The molecule has 2 rings (SSSR count). The fourth-order valence-corrected chi connectivity index (χ4v) is 3.22. The zero-order valence-corrected chi connectivity index (χ0v) is 16.7. The average molecular weight is 366 g/mol. The highest BCUT2D eigenvalue weighted by Gasteiger charge is 2.22. The third kappa shape index (κ3) is 6.57. The number of nitrogens with zero attached hydrogens (tertiary/aromatic N) is 5.